The van der Waals surface area contributed by atoms with Crippen molar-refractivity contribution >= 4 is 45.6 Å². The van der Waals surface area contributed by atoms with Crippen molar-refractivity contribution in [1.82, 2.24) is 10.2 Å². The molecule has 0 saturated carbocycles. The summed E-state index contributed by atoms with van der Waals surface area (Å²) in [6, 6.07) is 11.6. The van der Waals surface area contributed by atoms with Crippen molar-refractivity contribution in [2.45, 2.75) is 32.6 Å². The fraction of sp³-hybridized carbons (Fsp3) is 0.320. The Morgan fingerprint density at radius 3 is 2.37 bits per heavy atom. The summed E-state index contributed by atoms with van der Waals surface area (Å²) >= 11 is 1.25. The van der Waals surface area contributed by atoms with Crippen molar-refractivity contribution < 1.29 is 18.8 Å². The predicted octanol–water partition coefficient (Wildman–Crippen LogP) is 3.81. The smallest absolute Gasteiger partial charge is 0.231 e. The first-order valence-corrected chi connectivity index (χ1v) is 12.2. The lowest BCUT2D eigenvalue weighted by Crippen LogP contribution is -2.28. The van der Waals surface area contributed by atoms with E-state index in [0.29, 0.717) is 28.8 Å². The van der Waals surface area contributed by atoms with Gasteiger partial charge in [0.15, 0.2) is 0 Å². The molecule has 10 heteroatoms. The molecule has 2 saturated heterocycles. The number of rotatable bonds is 5. The molecule has 180 valence electrons. The quantitative estimate of drug-likeness (QED) is 0.583. The number of aryl methyl sites for hydroxylation is 2. The molecule has 8 nitrogen and oxygen atoms in total. The molecule has 1 aromatic heterocycles. The number of aromatic nitrogens is 2. The third kappa shape index (κ3) is 4.66. The number of anilines is 3. The minimum absolute atomic E-state index is 0.0318. The molecule has 0 bridgehead atoms. The third-order valence-electron chi connectivity index (χ3n) is 6.58. The van der Waals surface area contributed by atoms with Gasteiger partial charge in [-0.3, -0.25) is 14.4 Å². The van der Waals surface area contributed by atoms with E-state index in [4.69, 9.17) is 0 Å². The zero-order valence-electron chi connectivity index (χ0n) is 19.3. The van der Waals surface area contributed by atoms with Crippen LogP contribution in [0.2, 0.25) is 0 Å². The van der Waals surface area contributed by atoms with Crippen molar-refractivity contribution in [1.29, 1.82) is 0 Å². The van der Waals surface area contributed by atoms with E-state index in [-0.39, 0.29) is 42.4 Å². The molecule has 2 aromatic carbocycles. The van der Waals surface area contributed by atoms with Gasteiger partial charge < -0.3 is 15.1 Å². The van der Waals surface area contributed by atoms with Gasteiger partial charge in [0.05, 0.1) is 5.92 Å². The van der Waals surface area contributed by atoms with Crippen LogP contribution in [0.3, 0.4) is 0 Å². The summed E-state index contributed by atoms with van der Waals surface area (Å²) in [7, 11) is 0. The Bertz CT molecular complexity index is 1310. The second-order valence-corrected chi connectivity index (χ2v) is 10.00. The molecule has 1 N–H and O–H groups in total. The first kappa shape index (κ1) is 23.1. The highest BCUT2D eigenvalue weighted by Gasteiger charge is 2.37. The van der Waals surface area contributed by atoms with Gasteiger partial charge in [-0.1, -0.05) is 17.4 Å². The highest BCUT2D eigenvalue weighted by molar-refractivity contribution is 7.15. The third-order valence-corrected chi connectivity index (χ3v) is 7.58. The summed E-state index contributed by atoms with van der Waals surface area (Å²) in [5.74, 6) is -1.51. The van der Waals surface area contributed by atoms with Crippen molar-refractivity contribution in [3.05, 3.63) is 64.4 Å². The van der Waals surface area contributed by atoms with Crippen LogP contribution < -0.4 is 15.1 Å². The van der Waals surface area contributed by atoms with Crippen LogP contribution in [-0.4, -0.2) is 41.0 Å². The Hall–Kier alpha value is -3.66. The van der Waals surface area contributed by atoms with Crippen molar-refractivity contribution in [3.8, 4) is 0 Å². The number of hydrogen-bond acceptors (Lipinski definition) is 6. The summed E-state index contributed by atoms with van der Waals surface area (Å²) in [6.45, 7) is 4.78. The summed E-state index contributed by atoms with van der Waals surface area (Å²) in [5.41, 5.74) is 3.73. The zero-order valence-corrected chi connectivity index (χ0v) is 20.1. The summed E-state index contributed by atoms with van der Waals surface area (Å²) in [4.78, 5) is 41.1. The van der Waals surface area contributed by atoms with Gasteiger partial charge in [0.25, 0.3) is 0 Å². The normalized spacial score (nSPS) is 20.1. The van der Waals surface area contributed by atoms with Gasteiger partial charge in [-0.2, -0.15) is 0 Å². The lowest BCUT2D eigenvalue weighted by molar-refractivity contribution is -0.122. The van der Waals surface area contributed by atoms with Crippen LogP contribution in [0, 0.1) is 25.6 Å². The SMILES string of the molecule is Cc1ccc(N2CC(c3nnc(NC(=O)C4CC(=O)N(c5ccc(F)cc5)C4)s3)CC2=O)cc1C. The monoisotopic (exact) mass is 493 g/mol. The van der Waals surface area contributed by atoms with Gasteiger partial charge in [0.2, 0.25) is 22.9 Å². The van der Waals surface area contributed by atoms with E-state index in [1.165, 1.54) is 46.1 Å². The van der Waals surface area contributed by atoms with Crippen LogP contribution in [0.4, 0.5) is 20.9 Å². The average molecular weight is 494 g/mol. The second kappa shape index (κ2) is 9.18. The molecule has 5 rings (SSSR count). The van der Waals surface area contributed by atoms with E-state index in [1.54, 1.807) is 4.90 Å². The Labute approximate surface area is 205 Å². The average Bonchev–Trinajstić information content (AvgIpc) is 3.55. The number of carbonyl (C=O) groups is 3. The van der Waals surface area contributed by atoms with Crippen LogP contribution in [0.15, 0.2) is 42.5 Å². The van der Waals surface area contributed by atoms with Crippen LogP contribution in [0.25, 0.3) is 0 Å². The van der Waals surface area contributed by atoms with E-state index in [9.17, 15) is 18.8 Å². The van der Waals surface area contributed by atoms with E-state index in [2.05, 4.69) is 15.5 Å². The van der Waals surface area contributed by atoms with Crippen molar-refractivity contribution in [2.24, 2.45) is 5.92 Å². The molecule has 0 aliphatic carbocycles. The first-order valence-electron chi connectivity index (χ1n) is 11.4. The van der Waals surface area contributed by atoms with Crippen LogP contribution >= 0.6 is 11.3 Å². The Kier molecular flexibility index (Phi) is 6.06. The van der Waals surface area contributed by atoms with E-state index < -0.39 is 5.92 Å². The minimum Gasteiger partial charge on any atom is -0.312 e. The van der Waals surface area contributed by atoms with Crippen LogP contribution in [-0.2, 0) is 14.4 Å². The number of carbonyl (C=O) groups excluding carboxylic acids is 3. The highest BCUT2D eigenvalue weighted by atomic mass is 32.1. The number of nitrogens with one attached hydrogen (secondary N) is 1. The molecule has 2 aliphatic heterocycles. The number of halogens is 1. The summed E-state index contributed by atoms with van der Waals surface area (Å²) in [6.07, 6.45) is 0.399. The molecule has 3 amide bonds. The minimum atomic E-state index is -0.548. The summed E-state index contributed by atoms with van der Waals surface area (Å²) in [5, 5.41) is 12.1. The van der Waals surface area contributed by atoms with Crippen LogP contribution in [0.5, 0.6) is 0 Å². The van der Waals surface area contributed by atoms with Crippen LogP contribution in [0.1, 0.15) is 34.9 Å². The van der Waals surface area contributed by atoms with Gasteiger partial charge in [-0.25, -0.2) is 4.39 Å². The molecule has 0 radical (unpaired) electrons. The molecule has 3 aromatic rings. The second-order valence-electron chi connectivity index (χ2n) is 8.99. The molecule has 3 heterocycles. The van der Waals surface area contributed by atoms with E-state index in [1.807, 2.05) is 32.0 Å². The first-order chi connectivity index (χ1) is 16.8. The van der Waals surface area contributed by atoms with Gasteiger partial charge in [0.1, 0.15) is 10.8 Å². The largest absolute Gasteiger partial charge is 0.312 e. The molecule has 0 spiro atoms. The molecule has 2 atom stereocenters. The van der Waals surface area contributed by atoms with Crippen molar-refractivity contribution in [3.63, 3.8) is 0 Å². The standard InChI is InChI=1S/C25H24FN5O3S/c1-14-3-6-20(9-15(14)2)31-13-17(11-22(31)33)24-28-29-25(35-24)27-23(34)16-10-21(32)30(12-16)19-7-4-18(26)5-8-19/h3-9,16-17H,10-13H2,1-2H3,(H,27,29,34). The Balaban J connectivity index is 1.22. The Morgan fingerprint density at radius 1 is 0.943 bits per heavy atom. The fourth-order valence-electron chi connectivity index (χ4n) is 4.43. The van der Waals surface area contributed by atoms with Gasteiger partial charge in [-0.05, 0) is 61.4 Å². The van der Waals surface area contributed by atoms with Crippen molar-refractivity contribution in [2.75, 3.05) is 28.2 Å². The maximum Gasteiger partial charge on any atom is 0.231 e. The van der Waals surface area contributed by atoms with E-state index in [0.717, 1.165) is 11.3 Å². The summed E-state index contributed by atoms with van der Waals surface area (Å²) < 4.78 is 13.2. The number of benzene rings is 2. The highest BCUT2D eigenvalue weighted by Crippen LogP contribution is 2.35. The maximum absolute atomic E-state index is 13.2. The molecule has 2 aliphatic rings. The maximum atomic E-state index is 13.2. The molecule has 2 fully saturated rings. The van der Waals surface area contributed by atoms with Gasteiger partial charge in [0, 0.05) is 43.2 Å². The molecular formula is C25H24FN5O3S. The van der Waals surface area contributed by atoms with Gasteiger partial charge in [-0.15, -0.1) is 10.2 Å². The van der Waals surface area contributed by atoms with E-state index >= 15 is 0 Å². The molecule has 2 unspecified atom stereocenters. The lowest BCUT2D eigenvalue weighted by atomic mass is 10.1. The Morgan fingerprint density at radius 2 is 1.63 bits per heavy atom. The predicted molar refractivity (Wildman–Crippen MR) is 131 cm³/mol. The molecule has 35 heavy (non-hydrogen) atoms. The zero-order chi connectivity index (χ0) is 24.7. The fourth-order valence-corrected chi connectivity index (χ4v) is 5.26. The molecular weight excluding hydrogens is 469 g/mol. The lowest BCUT2D eigenvalue weighted by Gasteiger charge is -2.17. The topological polar surface area (TPSA) is 95.5 Å². The number of nitrogens with zero attached hydrogens (tertiary/aromatic N) is 4. The number of amides is 3. The number of hydrogen-bond donors (Lipinski definition) is 1. The van der Waals surface area contributed by atoms with Gasteiger partial charge >= 0.3 is 0 Å².